The molecule has 128 valence electrons. The number of H-pyrrole nitrogens is 1. The van der Waals surface area contributed by atoms with Crippen molar-refractivity contribution in [1.29, 1.82) is 0 Å². The largest absolute Gasteiger partial charge is 0.351 e. The third kappa shape index (κ3) is 2.80. The summed E-state index contributed by atoms with van der Waals surface area (Å²) in [5.41, 5.74) is 2.94. The van der Waals surface area contributed by atoms with Crippen LogP contribution in [0.2, 0.25) is 0 Å². The van der Waals surface area contributed by atoms with Crippen LogP contribution in [0.3, 0.4) is 0 Å². The first-order valence-electron chi connectivity index (χ1n) is 8.08. The van der Waals surface area contributed by atoms with Crippen LogP contribution in [0.25, 0.3) is 21.3 Å². The monoisotopic (exact) mass is 361 g/mol. The van der Waals surface area contributed by atoms with Gasteiger partial charge in [-0.3, -0.25) is 9.59 Å². The Labute approximate surface area is 153 Å². The number of nitrogens with one attached hydrogen (secondary N) is 2. The van der Waals surface area contributed by atoms with E-state index in [0.29, 0.717) is 21.6 Å². The molecule has 26 heavy (non-hydrogen) atoms. The number of carbonyl (C=O) groups excluding carboxylic acids is 1. The van der Waals surface area contributed by atoms with Gasteiger partial charge in [-0.05, 0) is 30.1 Å². The molecule has 4 rings (SSSR count). The molecule has 2 N–H and O–H groups in total. The predicted octanol–water partition coefficient (Wildman–Crippen LogP) is 4.21. The lowest BCUT2D eigenvalue weighted by Crippen LogP contribution is -2.22. The van der Waals surface area contributed by atoms with Crippen LogP contribution in [0, 0.1) is 6.92 Å². The molecule has 0 aliphatic heterocycles. The number of hydrogen-bond donors (Lipinski definition) is 2. The molecule has 5 nitrogen and oxygen atoms in total. The number of aryl methyl sites for hydroxylation is 1. The molecule has 0 aliphatic rings. The number of benzene rings is 2. The van der Waals surface area contributed by atoms with Gasteiger partial charge < -0.3 is 10.3 Å². The fraction of sp³-hybridized carbons (Fsp3) is 0.0500. The van der Waals surface area contributed by atoms with E-state index in [1.54, 1.807) is 6.92 Å². The first-order chi connectivity index (χ1) is 12.6. The molecule has 0 aliphatic carbocycles. The highest BCUT2D eigenvalue weighted by Crippen LogP contribution is 2.28. The van der Waals surface area contributed by atoms with Crippen molar-refractivity contribution in [2.75, 3.05) is 5.32 Å². The van der Waals surface area contributed by atoms with Gasteiger partial charge in [-0.25, -0.2) is 0 Å². The van der Waals surface area contributed by atoms with E-state index >= 15 is 0 Å². The number of rotatable bonds is 3. The number of pyridine rings is 1. The number of hydrogen-bond acceptors (Lipinski definition) is 4. The van der Waals surface area contributed by atoms with Crippen molar-refractivity contribution in [3.8, 4) is 11.1 Å². The topological polar surface area (TPSA) is 74.8 Å². The van der Waals surface area contributed by atoms with Gasteiger partial charge in [0.15, 0.2) is 0 Å². The van der Waals surface area contributed by atoms with Gasteiger partial charge in [0.1, 0.15) is 10.4 Å². The Morgan fingerprint density at radius 3 is 2.62 bits per heavy atom. The Balaban J connectivity index is 1.73. The van der Waals surface area contributed by atoms with E-state index in [4.69, 9.17) is 0 Å². The normalized spacial score (nSPS) is 10.8. The van der Waals surface area contributed by atoms with Crippen molar-refractivity contribution < 1.29 is 4.79 Å². The van der Waals surface area contributed by atoms with Crippen LogP contribution in [0.4, 0.5) is 5.69 Å². The Hall–Kier alpha value is -3.25. The van der Waals surface area contributed by atoms with Crippen molar-refractivity contribution in [2.24, 2.45) is 0 Å². The maximum absolute atomic E-state index is 12.7. The molecule has 0 saturated carbocycles. The molecule has 0 fully saturated rings. The zero-order chi connectivity index (χ0) is 18.1. The van der Waals surface area contributed by atoms with Gasteiger partial charge in [-0.2, -0.15) is 4.37 Å². The summed E-state index contributed by atoms with van der Waals surface area (Å²) in [6.07, 6.45) is 1.45. The third-order valence-corrected chi connectivity index (χ3v) is 5.06. The summed E-state index contributed by atoms with van der Waals surface area (Å²) in [6.45, 7) is 1.76. The molecule has 1 amide bonds. The Kier molecular flexibility index (Phi) is 4.10. The average Bonchev–Trinajstić information content (AvgIpc) is 3.05. The zero-order valence-electron chi connectivity index (χ0n) is 13.9. The second-order valence-electron chi connectivity index (χ2n) is 5.87. The minimum absolute atomic E-state index is 0.0728. The molecular weight excluding hydrogens is 346 g/mol. The number of fused-ring (bicyclic) bond motifs is 1. The first kappa shape index (κ1) is 16.2. The molecule has 6 heteroatoms. The molecule has 2 heterocycles. The van der Waals surface area contributed by atoms with Crippen LogP contribution < -0.4 is 10.7 Å². The highest BCUT2D eigenvalue weighted by Gasteiger charge is 2.17. The van der Waals surface area contributed by atoms with Crippen LogP contribution in [-0.4, -0.2) is 15.3 Å². The second kappa shape index (κ2) is 6.57. The van der Waals surface area contributed by atoms with Gasteiger partial charge in [0, 0.05) is 17.4 Å². The van der Waals surface area contributed by atoms with Gasteiger partial charge in [0.2, 0.25) is 5.43 Å². The highest BCUT2D eigenvalue weighted by molar-refractivity contribution is 7.12. The lowest BCUT2D eigenvalue weighted by Gasteiger charge is -2.11. The molecule has 0 bridgehead atoms. The number of amides is 1. The van der Waals surface area contributed by atoms with Gasteiger partial charge in [-0.15, -0.1) is 0 Å². The molecule has 4 aromatic rings. The summed E-state index contributed by atoms with van der Waals surface area (Å²) in [5, 5.41) is 3.34. The Morgan fingerprint density at radius 1 is 1.08 bits per heavy atom. The standard InChI is InChI=1S/C20H15N3O2S/c1-12-17-18(24)15(11-21-20(17)26-23-12)19(25)22-16-10-6-5-9-14(16)13-7-3-2-4-8-13/h2-11H,1H3,(H,21,24)(H,22,25). The number of anilines is 1. The summed E-state index contributed by atoms with van der Waals surface area (Å²) in [7, 11) is 0. The van der Waals surface area contributed by atoms with Crippen molar-refractivity contribution in [3.05, 3.63) is 82.3 Å². The lowest BCUT2D eigenvalue weighted by atomic mass is 10.0. The highest BCUT2D eigenvalue weighted by atomic mass is 32.1. The molecule has 0 spiro atoms. The first-order valence-corrected chi connectivity index (χ1v) is 8.86. The third-order valence-electron chi connectivity index (χ3n) is 4.19. The maximum atomic E-state index is 12.7. The Bertz CT molecular complexity index is 1160. The summed E-state index contributed by atoms with van der Waals surface area (Å²) >= 11 is 1.21. The van der Waals surface area contributed by atoms with Gasteiger partial charge in [0.05, 0.1) is 11.1 Å². The van der Waals surface area contributed by atoms with E-state index in [2.05, 4.69) is 14.7 Å². The van der Waals surface area contributed by atoms with Crippen LogP contribution in [0.5, 0.6) is 0 Å². The Morgan fingerprint density at radius 2 is 1.81 bits per heavy atom. The summed E-state index contributed by atoms with van der Waals surface area (Å²) in [6, 6.07) is 17.3. The maximum Gasteiger partial charge on any atom is 0.261 e. The molecule has 0 unspecified atom stereocenters. The van der Waals surface area contributed by atoms with E-state index in [1.165, 1.54) is 17.7 Å². The van der Waals surface area contributed by atoms with Crippen molar-refractivity contribution in [2.45, 2.75) is 6.92 Å². The molecule has 0 atom stereocenters. The van der Waals surface area contributed by atoms with E-state index in [0.717, 1.165) is 11.1 Å². The number of nitrogens with zero attached hydrogens (tertiary/aromatic N) is 1. The van der Waals surface area contributed by atoms with E-state index < -0.39 is 5.91 Å². The number of para-hydroxylation sites is 1. The van der Waals surface area contributed by atoms with E-state index in [9.17, 15) is 9.59 Å². The van der Waals surface area contributed by atoms with Gasteiger partial charge in [0.25, 0.3) is 5.91 Å². The predicted molar refractivity (Wildman–Crippen MR) is 105 cm³/mol. The summed E-state index contributed by atoms with van der Waals surface area (Å²) < 4.78 is 4.17. The average molecular weight is 361 g/mol. The minimum atomic E-state index is -0.442. The minimum Gasteiger partial charge on any atom is -0.351 e. The summed E-state index contributed by atoms with van der Waals surface area (Å²) in [4.78, 5) is 29.1. The van der Waals surface area contributed by atoms with Crippen molar-refractivity contribution in [1.82, 2.24) is 9.36 Å². The van der Waals surface area contributed by atoms with Crippen molar-refractivity contribution in [3.63, 3.8) is 0 Å². The second-order valence-corrected chi connectivity index (χ2v) is 6.64. The fourth-order valence-corrected chi connectivity index (χ4v) is 3.66. The van der Waals surface area contributed by atoms with Crippen molar-refractivity contribution >= 4 is 33.3 Å². The number of carbonyl (C=O) groups is 1. The lowest BCUT2D eigenvalue weighted by molar-refractivity contribution is 0.102. The van der Waals surface area contributed by atoms with Crippen LogP contribution in [0.1, 0.15) is 16.1 Å². The molecule has 2 aromatic carbocycles. The fourth-order valence-electron chi connectivity index (χ4n) is 2.89. The molecular formula is C20H15N3O2S. The summed E-state index contributed by atoms with van der Waals surface area (Å²) in [5.74, 6) is -0.442. The quantitative estimate of drug-likeness (QED) is 0.574. The van der Waals surface area contributed by atoms with Gasteiger partial charge in [-0.1, -0.05) is 48.5 Å². The van der Waals surface area contributed by atoms with Gasteiger partial charge >= 0.3 is 0 Å². The van der Waals surface area contributed by atoms with E-state index in [1.807, 2.05) is 54.6 Å². The van der Waals surface area contributed by atoms with Crippen LogP contribution >= 0.6 is 11.5 Å². The van der Waals surface area contributed by atoms with Crippen LogP contribution in [-0.2, 0) is 0 Å². The smallest absolute Gasteiger partial charge is 0.261 e. The van der Waals surface area contributed by atoms with Crippen LogP contribution in [0.15, 0.2) is 65.6 Å². The number of aromatic amines is 1. The van der Waals surface area contributed by atoms with E-state index in [-0.39, 0.29) is 11.0 Å². The molecule has 0 saturated heterocycles. The number of aromatic nitrogens is 2. The molecule has 0 radical (unpaired) electrons. The SMILES string of the molecule is Cc1nsc2[nH]cc(C(=O)Nc3ccccc3-c3ccccc3)c(=O)c12. The zero-order valence-corrected chi connectivity index (χ0v) is 14.8. The molecule has 2 aromatic heterocycles.